The summed E-state index contributed by atoms with van der Waals surface area (Å²) in [6.45, 7) is 0. The minimum absolute atomic E-state index is 0.423. The van der Waals surface area contributed by atoms with Gasteiger partial charge in [0.1, 0.15) is 0 Å². The van der Waals surface area contributed by atoms with Gasteiger partial charge in [0.15, 0.2) is 0 Å². The molecule has 0 atom stereocenters. The largest absolute Gasteiger partial charge is 0.478 e. The summed E-state index contributed by atoms with van der Waals surface area (Å²) in [7, 11) is 2.00. The van der Waals surface area contributed by atoms with Gasteiger partial charge in [-0.25, -0.2) is 4.79 Å². The minimum atomic E-state index is -0.857. The zero-order chi connectivity index (χ0) is 12.7. The highest BCUT2D eigenvalue weighted by molar-refractivity contribution is 5.99. The second kappa shape index (κ2) is 4.02. The Labute approximate surface area is 105 Å². The Bertz CT molecular complexity index is 648. The molecule has 0 amide bonds. The van der Waals surface area contributed by atoms with Crippen molar-refractivity contribution in [1.82, 2.24) is 4.57 Å². The molecule has 3 nitrogen and oxygen atoms in total. The standard InChI is InChI=1S/C15H15NO2/c1-16-9-13(11-4-2-3-5-14(11)16)12(8-15(17)18)10-6-7-10/h2-5,8-10H,6-7H2,1H3,(H,17,18)/b12-8+. The van der Waals surface area contributed by atoms with Crippen LogP contribution in [0.15, 0.2) is 36.5 Å². The number of aryl methyl sites for hydroxylation is 1. The summed E-state index contributed by atoms with van der Waals surface area (Å²) in [6.07, 6.45) is 5.61. The number of hydrogen-bond donors (Lipinski definition) is 1. The molecule has 0 spiro atoms. The van der Waals surface area contributed by atoms with E-state index in [0.29, 0.717) is 5.92 Å². The summed E-state index contributed by atoms with van der Waals surface area (Å²) in [6, 6.07) is 8.12. The van der Waals surface area contributed by atoms with E-state index in [1.54, 1.807) is 0 Å². The van der Waals surface area contributed by atoms with E-state index in [-0.39, 0.29) is 0 Å². The van der Waals surface area contributed by atoms with Crippen molar-refractivity contribution in [2.75, 3.05) is 0 Å². The molecule has 0 radical (unpaired) electrons. The SMILES string of the molecule is Cn1cc(/C(=C/C(=O)O)C2CC2)c2ccccc21. The van der Waals surface area contributed by atoms with Crippen LogP contribution < -0.4 is 0 Å². The number of para-hydroxylation sites is 1. The number of nitrogens with zero attached hydrogens (tertiary/aromatic N) is 1. The van der Waals surface area contributed by atoms with Gasteiger partial charge in [-0.1, -0.05) is 18.2 Å². The van der Waals surface area contributed by atoms with Crippen LogP contribution in [0.5, 0.6) is 0 Å². The molecule has 0 saturated heterocycles. The molecule has 18 heavy (non-hydrogen) atoms. The molecule has 1 aliphatic rings. The fourth-order valence-corrected chi connectivity index (χ4v) is 2.51. The monoisotopic (exact) mass is 241 g/mol. The van der Waals surface area contributed by atoms with Gasteiger partial charge < -0.3 is 9.67 Å². The van der Waals surface area contributed by atoms with Gasteiger partial charge >= 0.3 is 5.97 Å². The lowest BCUT2D eigenvalue weighted by molar-refractivity contribution is -0.131. The number of carboxylic acids is 1. The second-order valence-corrected chi connectivity index (χ2v) is 4.88. The molecule has 3 heteroatoms. The summed E-state index contributed by atoms with van der Waals surface area (Å²) in [5, 5.41) is 10.2. The summed E-state index contributed by atoms with van der Waals surface area (Å²) < 4.78 is 2.06. The molecule has 0 aliphatic heterocycles. The number of aromatic nitrogens is 1. The van der Waals surface area contributed by atoms with Crippen LogP contribution in [0.4, 0.5) is 0 Å². The number of aliphatic carboxylic acids is 1. The number of hydrogen-bond acceptors (Lipinski definition) is 1. The summed E-state index contributed by atoms with van der Waals surface area (Å²) >= 11 is 0. The molecule has 1 fully saturated rings. The molecule has 2 aromatic rings. The average Bonchev–Trinajstić information content (AvgIpc) is 3.12. The van der Waals surface area contributed by atoms with Crippen molar-refractivity contribution in [3.63, 3.8) is 0 Å². The van der Waals surface area contributed by atoms with E-state index in [1.165, 1.54) is 6.08 Å². The van der Waals surface area contributed by atoms with Gasteiger partial charge in [0.2, 0.25) is 0 Å². The van der Waals surface area contributed by atoms with Gasteiger partial charge in [-0.3, -0.25) is 0 Å². The van der Waals surface area contributed by atoms with Crippen LogP contribution in [-0.4, -0.2) is 15.6 Å². The Hall–Kier alpha value is -2.03. The van der Waals surface area contributed by atoms with Crippen LogP contribution in [0.25, 0.3) is 16.5 Å². The van der Waals surface area contributed by atoms with Gasteiger partial charge in [0.25, 0.3) is 0 Å². The molecule has 1 heterocycles. The van der Waals surface area contributed by atoms with Gasteiger partial charge in [-0.05, 0) is 30.4 Å². The van der Waals surface area contributed by atoms with Crippen molar-refractivity contribution in [2.24, 2.45) is 13.0 Å². The fraction of sp³-hybridized carbons (Fsp3) is 0.267. The van der Waals surface area contributed by atoms with Crippen molar-refractivity contribution >= 4 is 22.4 Å². The van der Waals surface area contributed by atoms with Crippen LogP contribution in [0.2, 0.25) is 0 Å². The number of allylic oxidation sites excluding steroid dienone is 1. The maximum atomic E-state index is 11.0. The summed E-state index contributed by atoms with van der Waals surface area (Å²) in [5.41, 5.74) is 3.18. The first-order valence-electron chi connectivity index (χ1n) is 6.16. The molecule has 3 rings (SSSR count). The van der Waals surface area contributed by atoms with Crippen LogP contribution >= 0.6 is 0 Å². The van der Waals surface area contributed by atoms with Crippen LogP contribution in [0.1, 0.15) is 18.4 Å². The Kier molecular flexibility index (Phi) is 2.47. The maximum Gasteiger partial charge on any atom is 0.328 e. The molecule has 92 valence electrons. The number of benzene rings is 1. The molecule has 0 bridgehead atoms. The highest BCUT2D eigenvalue weighted by Gasteiger charge is 2.29. The zero-order valence-electron chi connectivity index (χ0n) is 10.3. The lowest BCUT2D eigenvalue weighted by Gasteiger charge is -2.03. The Balaban J connectivity index is 2.21. The highest BCUT2D eigenvalue weighted by Crippen LogP contribution is 2.44. The van der Waals surface area contributed by atoms with Gasteiger partial charge in [0.05, 0.1) is 0 Å². The van der Waals surface area contributed by atoms with Crippen molar-refractivity contribution in [2.45, 2.75) is 12.8 Å². The molecular weight excluding hydrogens is 226 g/mol. The number of rotatable bonds is 3. The van der Waals surface area contributed by atoms with Crippen LogP contribution in [-0.2, 0) is 11.8 Å². The van der Waals surface area contributed by atoms with E-state index in [2.05, 4.69) is 16.7 Å². The molecule has 1 aromatic heterocycles. The van der Waals surface area contributed by atoms with E-state index in [4.69, 9.17) is 5.11 Å². The highest BCUT2D eigenvalue weighted by atomic mass is 16.4. The quantitative estimate of drug-likeness (QED) is 0.839. The molecular formula is C15H15NO2. The third kappa shape index (κ3) is 1.82. The van der Waals surface area contributed by atoms with Crippen molar-refractivity contribution in [3.8, 4) is 0 Å². The minimum Gasteiger partial charge on any atom is -0.478 e. The smallest absolute Gasteiger partial charge is 0.328 e. The van der Waals surface area contributed by atoms with E-state index >= 15 is 0 Å². The molecule has 1 aromatic carbocycles. The first-order valence-corrected chi connectivity index (χ1v) is 6.16. The van der Waals surface area contributed by atoms with Crippen molar-refractivity contribution < 1.29 is 9.90 Å². The third-order valence-corrected chi connectivity index (χ3v) is 3.50. The predicted octanol–water partition coefficient (Wildman–Crippen LogP) is 3.06. The molecule has 1 saturated carbocycles. The molecule has 1 N–H and O–H groups in total. The average molecular weight is 241 g/mol. The fourth-order valence-electron chi connectivity index (χ4n) is 2.51. The van der Waals surface area contributed by atoms with Gasteiger partial charge in [-0.2, -0.15) is 0 Å². The lowest BCUT2D eigenvalue weighted by atomic mass is 10.0. The second-order valence-electron chi connectivity index (χ2n) is 4.88. The van der Waals surface area contributed by atoms with E-state index in [0.717, 1.165) is 34.9 Å². The van der Waals surface area contributed by atoms with Crippen LogP contribution in [0, 0.1) is 5.92 Å². The van der Waals surface area contributed by atoms with Gasteiger partial charge in [0, 0.05) is 35.8 Å². The number of fused-ring (bicyclic) bond motifs is 1. The number of carboxylic acid groups (broad SMARTS) is 1. The zero-order valence-corrected chi connectivity index (χ0v) is 10.3. The Morgan fingerprint density at radius 3 is 2.78 bits per heavy atom. The summed E-state index contributed by atoms with van der Waals surface area (Å²) in [4.78, 5) is 11.0. The molecule has 0 unspecified atom stereocenters. The van der Waals surface area contributed by atoms with E-state index < -0.39 is 5.97 Å². The van der Waals surface area contributed by atoms with E-state index in [1.807, 2.05) is 25.4 Å². The molecule has 1 aliphatic carbocycles. The van der Waals surface area contributed by atoms with Crippen molar-refractivity contribution in [1.29, 1.82) is 0 Å². The Morgan fingerprint density at radius 2 is 2.11 bits per heavy atom. The Morgan fingerprint density at radius 1 is 1.39 bits per heavy atom. The van der Waals surface area contributed by atoms with Gasteiger partial charge in [-0.15, -0.1) is 0 Å². The normalized spacial score (nSPS) is 16.2. The van der Waals surface area contributed by atoms with Crippen LogP contribution in [0.3, 0.4) is 0 Å². The third-order valence-electron chi connectivity index (χ3n) is 3.50. The first kappa shape index (κ1) is 11.1. The van der Waals surface area contributed by atoms with Crippen molar-refractivity contribution in [3.05, 3.63) is 42.1 Å². The first-order chi connectivity index (χ1) is 8.66. The number of carbonyl (C=O) groups is 1. The van der Waals surface area contributed by atoms with E-state index in [9.17, 15) is 4.79 Å². The summed E-state index contributed by atoms with van der Waals surface area (Å²) in [5.74, 6) is -0.434. The lowest BCUT2D eigenvalue weighted by Crippen LogP contribution is -1.94. The predicted molar refractivity (Wildman–Crippen MR) is 71.3 cm³/mol. The topological polar surface area (TPSA) is 42.2 Å². The maximum absolute atomic E-state index is 11.0.